The second-order valence-corrected chi connectivity index (χ2v) is 6.69. The molecular weight excluding hydrogens is 399 g/mol. The highest BCUT2D eigenvalue weighted by molar-refractivity contribution is 6.04. The molecule has 5 nitrogen and oxygen atoms in total. The van der Waals surface area contributed by atoms with Gasteiger partial charge in [0.15, 0.2) is 6.10 Å². The first-order chi connectivity index (χ1) is 14.2. The van der Waals surface area contributed by atoms with Crippen LogP contribution in [-0.4, -0.2) is 24.6 Å². The van der Waals surface area contributed by atoms with Crippen molar-refractivity contribution >= 4 is 17.6 Å². The molecule has 162 valence electrons. The van der Waals surface area contributed by atoms with E-state index < -0.39 is 29.7 Å². The van der Waals surface area contributed by atoms with Crippen LogP contribution in [0.15, 0.2) is 48.5 Å². The van der Waals surface area contributed by atoms with Crippen molar-refractivity contribution in [2.24, 2.45) is 0 Å². The monoisotopic (exact) mass is 423 g/mol. The van der Waals surface area contributed by atoms with Crippen LogP contribution in [0, 0.1) is 0 Å². The molecule has 0 aliphatic rings. The lowest BCUT2D eigenvalue weighted by Gasteiger charge is -2.14. The number of ether oxygens (including phenoxy) is 2. The third-order valence-corrected chi connectivity index (χ3v) is 4.20. The second kappa shape index (κ2) is 10.7. The molecule has 0 aliphatic carbocycles. The predicted molar refractivity (Wildman–Crippen MR) is 106 cm³/mol. The number of halogens is 3. The van der Waals surface area contributed by atoms with Crippen molar-refractivity contribution in [1.82, 2.24) is 0 Å². The number of benzene rings is 2. The van der Waals surface area contributed by atoms with Crippen LogP contribution in [0.1, 0.15) is 49.0 Å². The number of alkyl halides is 3. The van der Waals surface area contributed by atoms with Crippen LogP contribution >= 0.6 is 0 Å². The van der Waals surface area contributed by atoms with Gasteiger partial charge in [-0.25, -0.2) is 4.79 Å². The van der Waals surface area contributed by atoms with Crippen molar-refractivity contribution in [3.63, 3.8) is 0 Å². The average Bonchev–Trinajstić information content (AvgIpc) is 2.71. The Hall–Kier alpha value is -3.03. The van der Waals surface area contributed by atoms with Gasteiger partial charge >= 0.3 is 12.1 Å². The Morgan fingerprint density at radius 2 is 1.77 bits per heavy atom. The maximum atomic E-state index is 12.8. The average molecular weight is 423 g/mol. The van der Waals surface area contributed by atoms with Gasteiger partial charge in [-0.05, 0) is 55.8 Å². The summed E-state index contributed by atoms with van der Waals surface area (Å²) in [6.07, 6.45) is -2.50. The van der Waals surface area contributed by atoms with E-state index in [1.807, 2.05) is 0 Å². The van der Waals surface area contributed by atoms with Crippen LogP contribution in [0.4, 0.5) is 18.9 Å². The standard InChI is InChI=1S/C22H24F3NO4/c1-3-4-5-13-29-21(28)15(2)30-19-11-9-16(10-12-19)20(27)26-18-8-6-7-17(14-18)22(23,24)25/h6-12,14-15H,3-5,13H2,1-2H3,(H,26,27)/t15-/m0/s1. The lowest BCUT2D eigenvalue weighted by molar-refractivity contribution is -0.151. The van der Waals surface area contributed by atoms with Crippen molar-refractivity contribution in [1.29, 1.82) is 0 Å². The van der Waals surface area contributed by atoms with Crippen LogP contribution in [0.5, 0.6) is 5.75 Å². The summed E-state index contributed by atoms with van der Waals surface area (Å²) >= 11 is 0. The minimum atomic E-state index is -4.49. The summed E-state index contributed by atoms with van der Waals surface area (Å²) in [5, 5.41) is 2.43. The molecule has 0 aliphatic heterocycles. The quantitative estimate of drug-likeness (QED) is 0.430. The molecule has 0 fully saturated rings. The summed E-state index contributed by atoms with van der Waals surface area (Å²) in [6.45, 7) is 3.96. The molecule has 1 N–H and O–H groups in total. The Kier molecular flexibility index (Phi) is 8.26. The fourth-order valence-corrected chi connectivity index (χ4v) is 2.56. The highest BCUT2D eigenvalue weighted by atomic mass is 19.4. The molecule has 0 saturated heterocycles. The number of unbranched alkanes of at least 4 members (excludes halogenated alkanes) is 2. The van der Waals surface area contributed by atoms with Crippen LogP contribution in [0.3, 0.4) is 0 Å². The summed E-state index contributed by atoms with van der Waals surface area (Å²) in [7, 11) is 0. The Balaban J connectivity index is 1.92. The Morgan fingerprint density at radius 1 is 1.07 bits per heavy atom. The van der Waals surface area contributed by atoms with E-state index in [-0.39, 0.29) is 11.3 Å². The molecule has 2 rings (SSSR count). The van der Waals surface area contributed by atoms with E-state index in [4.69, 9.17) is 9.47 Å². The molecular formula is C22H24F3NO4. The van der Waals surface area contributed by atoms with E-state index >= 15 is 0 Å². The Bertz CT molecular complexity index is 850. The van der Waals surface area contributed by atoms with Gasteiger partial charge in [0.1, 0.15) is 5.75 Å². The first-order valence-corrected chi connectivity index (χ1v) is 9.62. The highest BCUT2D eigenvalue weighted by Crippen LogP contribution is 2.30. The molecule has 0 spiro atoms. The van der Waals surface area contributed by atoms with E-state index in [0.29, 0.717) is 12.4 Å². The van der Waals surface area contributed by atoms with Gasteiger partial charge in [0.05, 0.1) is 12.2 Å². The molecule has 0 unspecified atom stereocenters. The van der Waals surface area contributed by atoms with Gasteiger partial charge in [-0.15, -0.1) is 0 Å². The molecule has 1 atom stereocenters. The molecule has 30 heavy (non-hydrogen) atoms. The van der Waals surface area contributed by atoms with Crippen LogP contribution in [0.2, 0.25) is 0 Å². The normalized spacial score (nSPS) is 12.2. The number of carbonyl (C=O) groups excluding carboxylic acids is 2. The number of esters is 1. The van der Waals surface area contributed by atoms with E-state index in [1.54, 1.807) is 6.92 Å². The first-order valence-electron chi connectivity index (χ1n) is 9.62. The number of rotatable bonds is 9. The summed E-state index contributed by atoms with van der Waals surface area (Å²) in [5.41, 5.74) is -0.580. The molecule has 0 aromatic heterocycles. The number of amides is 1. The van der Waals surface area contributed by atoms with Crippen LogP contribution in [0.25, 0.3) is 0 Å². The minimum absolute atomic E-state index is 0.0367. The highest BCUT2D eigenvalue weighted by Gasteiger charge is 2.30. The van der Waals surface area contributed by atoms with E-state index in [1.165, 1.54) is 36.4 Å². The fourth-order valence-electron chi connectivity index (χ4n) is 2.56. The van der Waals surface area contributed by atoms with E-state index in [0.717, 1.165) is 31.4 Å². The van der Waals surface area contributed by atoms with E-state index in [9.17, 15) is 22.8 Å². The van der Waals surface area contributed by atoms with Gasteiger partial charge in [0.2, 0.25) is 0 Å². The van der Waals surface area contributed by atoms with Gasteiger partial charge in [0, 0.05) is 11.3 Å². The van der Waals surface area contributed by atoms with Gasteiger partial charge in [-0.2, -0.15) is 13.2 Å². The fraction of sp³-hybridized carbons (Fsp3) is 0.364. The maximum Gasteiger partial charge on any atom is 0.416 e. The number of carbonyl (C=O) groups is 2. The van der Waals surface area contributed by atoms with Crippen molar-refractivity contribution in [3.8, 4) is 5.75 Å². The zero-order valence-corrected chi connectivity index (χ0v) is 16.8. The zero-order valence-electron chi connectivity index (χ0n) is 16.8. The number of hydrogen-bond donors (Lipinski definition) is 1. The summed E-state index contributed by atoms with van der Waals surface area (Å²) in [5.74, 6) is -0.676. The molecule has 2 aromatic carbocycles. The van der Waals surface area contributed by atoms with Crippen molar-refractivity contribution in [2.75, 3.05) is 11.9 Å². The van der Waals surface area contributed by atoms with Crippen molar-refractivity contribution in [3.05, 3.63) is 59.7 Å². The smallest absolute Gasteiger partial charge is 0.416 e. The van der Waals surface area contributed by atoms with Gasteiger partial charge in [0.25, 0.3) is 5.91 Å². The second-order valence-electron chi connectivity index (χ2n) is 6.69. The van der Waals surface area contributed by atoms with Gasteiger partial charge in [-0.1, -0.05) is 25.8 Å². The molecule has 1 amide bonds. The Labute approximate surface area is 173 Å². The van der Waals surface area contributed by atoms with Gasteiger partial charge in [-0.3, -0.25) is 4.79 Å². The topological polar surface area (TPSA) is 64.6 Å². The molecule has 0 saturated carbocycles. The number of anilines is 1. The molecule has 2 aromatic rings. The summed E-state index contributed by atoms with van der Waals surface area (Å²) in [6, 6.07) is 10.3. The third-order valence-electron chi connectivity index (χ3n) is 4.20. The Morgan fingerprint density at radius 3 is 2.40 bits per heavy atom. The van der Waals surface area contributed by atoms with Crippen LogP contribution < -0.4 is 10.1 Å². The zero-order chi connectivity index (χ0) is 22.1. The molecule has 0 heterocycles. The first kappa shape index (κ1) is 23.3. The molecule has 8 heteroatoms. The summed E-state index contributed by atoms with van der Waals surface area (Å²) < 4.78 is 49.0. The van der Waals surface area contributed by atoms with Crippen molar-refractivity contribution in [2.45, 2.75) is 45.4 Å². The molecule has 0 radical (unpaired) electrons. The molecule has 0 bridgehead atoms. The van der Waals surface area contributed by atoms with Crippen LogP contribution in [-0.2, 0) is 15.7 Å². The van der Waals surface area contributed by atoms with Gasteiger partial charge < -0.3 is 14.8 Å². The largest absolute Gasteiger partial charge is 0.479 e. The lowest BCUT2D eigenvalue weighted by Crippen LogP contribution is -2.26. The maximum absolute atomic E-state index is 12.8. The number of hydrogen-bond acceptors (Lipinski definition) is 4. The SMILES string of the molecule is CCCCCOC(=O)[C@H](C)Oc1ccc(C(=O)Nc2cccc(C(F)(F)F)c2)cc1. The third kappa shape index (κ3) is 7.09. The minimum Gasteiger partial charge on any atom is -0.479 e. The lowest BCUT2D eigenvalue weighted by atomic mass is 10.1. The summed E-state index contributed by atoms with van der Waals surface area (Å²) in [4.78, 5) is 24.2. The van der Waals surface area contributed by atoms with Crippen molar-refractivity contribution < 1.29 is 32.2 Å². The number of nitrogens with one attached hydrogen (secondary N) is 1. The van der Waals surface area contributed by atoms with E-state index in [2.05, 4.69) is 12.2 Å². The predicted octanol–water partition coefficient (Wildman–Crippen LogP) is 5.46.